The Labute approximate surface area is 147 Å². The minimum atomic E-state index is -0.434. The molecule has 2 aromatic carbocycles. The summed E-state index contributed by atoms with van der Waals surface area (Å²) in [6.45, 7) is 3.80. The van der Waals surface area contributed by atoms with Gasteiger partial charge in [-0.2, -0.15) is 0 Å². The Morgan fingerprint density at radius 3 is 2.24 bits per heavy atom. The van der Waals surface area contributed by atoms with Crippen LogP contribution in [0.1, 0.15) is 21.5 Å². The van der Waals surface area contributed by atoms with Crippen molar-refractivity contribution in [3.8, 4) is 5.75 Å². The van der Waals surface area contributed by atoms with Crippen molar-refractivity contribution >= 4 is 17.5 Å². The van der Waals surface area contributed by atoms with E-state index < -0.39 is 5.91 Å². The number of anilines is 1. The molecule has 0 aliphatic carbocycles. The van der Waals surface area contributed by atoms with Crippen LogP contribution in [0.25, 0.3) is 0 Å². The van der Waals surface area contributed by atoms with Gasteiger partial charge in [0.15, 0.2) is 6.61 Å². The average molecular weight is 341 g/mol. The standard InChI is InChI=1S/C19H23N3O3/c1-13-5-10-17(11-14(13)2)25-12-18(23)20-21-19(24)15-6-8-16(9-7-15)22(3)4/h5-11H,12H2,1-4H3,(H,20,23)(H,21,24). The maximum Gasteiger partial charge on any atom is 0.276 e. The molecule has 132 valence electrons. The molecule has 2 rings (SSSR count). The van der Waals surface area contributed by atoms with Crippen molar-refractivity contribution in [3.05, 3.63) is 59.2 Å². The van der Waals surface area contributed by atoms with Gasteiger partial charge in [0.1, 0.15) is 5.75 Å². The van der Waals surface area contributed by atoms with Crippen LogP contribution >= 0.6 is 0 Å². The first-order valence-electron chi connectivity index (χ1n) is 7.93. The number of hydrogen-bond acceptors (Lipinski definition) is 4. The van der Waals surface area contributed by atoms with Crippen LogP contribution in [0.5, 0.6) is 5.75 Å². The molecule has 25 heavy (non-hydrogen) atoms. The molecule has 0 heterocycles. The molecule has 6 nitrogen and oxygen atoms in total. The summed E-state index contributed by atoms with van der Waals surface area (Å²) in [4.78, 5) is 25.7. The van der Waals surface area contributed by atoms with Crippen molar-refractivity contribution in [2.45, 2.75) is 13.8 Å². The lowest BCUT2D eigenvalue weighted by Gasteiger charge is -2.13. The van der Waals surface area contributed by atoms with Gasteiger partial charge in [-0.25, -0.2) is 0 Å². The third kappa shape index (κ3) is 5.24. The van der Waals surface area contributed by atoms with Gasteiger partial charge in [0.2, 0.25) is 0 Å². The number of hydrazine groups is 1. The number of carbonyl (C=O) groups excluding carboxylic acids is 2. The number of aryl methyl sites for hydroxylation is 2. The fourth-order valence-corrected chi connectivity index (χ4v) is 2.10. The number of rotatable bonds is 5. The normalized spacial score (nSPS) is 10.1. The fourth-order valence-electron chi connectivity index (χ4n) is 2.10. The summed E-state index contributed by atoms with van der Waals surface area (Å²) in [6.07, 6.45) is 0. The zero-order valence-corrected chi connectivity index (χ0v) is 14.9. The Hall–Kier alpha value is -3.02. The Balaban J connectivity index is 1.80. The minimum Gasteiger partial charge on any atom is -0.484 e. The van der Waals surface area contributed by atoms with Gasteiger partial charge in [0.05, 0.1) is 0 Å². The highest BCUT2D eigenvalue weighted by Gasteiger charge is 2.08. The van der Waals surface area contributed by atoms with E-state index in [9.17, 15) is 9.59 Å². The number of nitrogens with one attached hydrogen (secondary N) is 2. The van der Waals surface area contributed by atoms with Crippen molar-refractivity contribution in [1.29, 1.82) is 0 Å². The molecule has 0 aromatic heterocycles. The summed E-state index contributed by atoms with van der Waals surface area (Å²) in [5.41, 5.74) is 8.41. The van der Waals surface area contributed by atoms with Crippen LogP contribution in [-0.2, 0) is 4.79 Å². The summed E-state index contributed by atoms with van der Waals surface area (Å²) in [5.74, 6) is -0.204. The lowest BCUT2D eigenvalue weighted by atomic mass is 10.1. The highest BCUT2D eigenvalue weighted by atomic mass is 16.5. The Kier molecular flexibility index (Phi) is 6.00. The second-order valence-electron chi connectivity index (χ2n) is 5.98. The van der Waals surface area contributed by atoms with E-state index in [0.717, 1.165) is 16.8 Å². The lowest BCUT2D eigenvalue weighted by molar-refractivity contribution is -0.123. The SMILES string of the molecule is Cc1ccc(OCC(=O)NNC(=O)c2ccc(N(C)C)cc2)cc1C. The van der Waals surface area contributed by atoms with Gasteiger partial charge in [-0.15, -0.1) is 0 Å². The van der Waals surface area contributed by atoms with E-state index in [1.807, 2.05) is 57.1 Å². The van der Waals surface area contributed by atoms with Crippen molar-refractivity contribution in [3.63, 3.8) is 0 Å². The molecule has 0 unspecified atom stereocenters. The van der Waals surface area contributed by atoms with Crippen molar-refractivity contribution in [2.24, 2.45) is 0 Å². The third-order valence-electron chi connectivity index (χ3n) is 3.81. The summed E-state index contributed by atoms with van der Waals surface area (Å²) in [5, 5.41) is 0. The van der Waals surface area contributed by atoms with Gasteiger partial charge in [-0.05, 0) is 61.4 Å². The van der Waals surface area contributed by atoms with Crippen LogP contribution < -0.4 is 20.5 Å². The molecule has 0 bridgehead atoms. The molecule has 6 heteroatoms. The molecule has 2 aromatic rings. The van der Waals surface area contributed by atoms with Crippen LogP contribution in [0.3, 0.4) is 0 Å². The molecule has 0 saturated carbocycles. The van der Waals surface area contributed by atoms with Crippen LogP contribution in [0, 0.1) is 13.8 Å². The van der Waals surface area contributed by atoms with E-state index in [-0.39, 0.29) is 12.5 Å². The number of benzene rings is 2. The number of ether oxygens (including phenoxy) is 1. The predicted molar refractivity (Wildman–Crippen MR) is 97.8 cm³/mol. The van der Waals surface area contributed by atoms with E-state index in [4.69, 9.17) is 4.74 Å². The van der Waals surface area contributed by atoms with E-state index in [1.54, 1.807) is 18.2 Å². The average Bonchev–Trinajstić information content (AvgIpc) is 2.60. The number of amides is 2. The van der Waals surface area contributed by atoms with Crippen molar-refractivity contribution in [2.75, 3.05) is 25.6 Å². The highest BCUT2D eigenvalue weighted by molar-refractivity contribution is 5.95. The molecule has 0 saturated heterocycles. The quantitative estimate of drug-likeness (QED) is 0.818. The van der Waals surface area contributed by atoms with Crippen molar-refractivity contribution < 1.29 is 14.3 Å². The molecule has 2 amide bonds. The Morgan fingerprint density at radius 1 is 0.960 bits per heavy atom. The minimum absolute atomic E-state index is 0.178. The monoisotopic (exact) mass is 341 g/mol. The van der Waals surface area contributed by atoms with Crippen LogP contribution in [-0.4, -0.2) is 32.5 Å². The Bertz CT molecular complexity index is 755. The summed E-state index contributed by atoms with van der Waals surface area (Å²) >= 11 is 0. The van der Waals surface area contributed by atoms with E-state index in [1.165, 1.54) is 0 Å². The smallest absolute Gasteiger partial charge is 0.276 e. The molecule has 0 radical (unpaired) electrons. The second-order valence-corrected chi connectivity index (χ2v) is 5.98. The fraction of sp³-hybridized carbons (Fsp3) is 0.263. The molecular weight excluding hydrogens is 318 g/mol. The first-order chi connectivity index (χ1) is 11.9. The molecule has 2 N–H and O–H groups in total. The number of carbonyl (C=O) groups is 2. The predicted octanol–water partition coefficient (Wildman–Crippen LogP) is 2.21. The largest absolute Gasteiger partial charge is 0.484 e. The van der Waals surface area contributed by atoms with Crippen LogP contribution in [0.4, 0.5) is 5.69 Å². The third-order valence-corrected chi connectivity index (χ3v) is 3.81. The van der Waals surface area contributed by atoms with Gasteiger partial charge >= 0.3 is 0 Å². The maximum absolute atomic E-state index is 12.0. The first-order valence-corrected chi connectivity index (χ1v) is 7.93. The number of nitrogens with zero attached hydrogens (tertiary/aromatic N) is 1. The topological polar surface area (TPSA) is 70.7 Å². The molecule has 0 aliphatic heterocycles. The van der Waals surface area contributed by atoms with Crippen LogP contribution in [0.15, 0.2) is 42.5 Å². The summed E-state index contributed by atoms with van der Waals surface area (Å²) in [7, 11) is 3.84. The van der Waals surface area contributed by atoms with Gasteiger partial charge in [-0.1, -0.05) is 6.07 Å². The van der Waals surface area contributed by atoms with Crippen molar-refractivity contribution in [1.82, 2.24) is 10.9 Å². The first kappa shape index (κ1) is 18.3. The maximum atomic E-state index is 12.0. The summed E-state index contributed by atoms with van der Waals surface area (Å²) < 4.78 is 5.41. The molecule has 0 atom stereocenters. The van der Waals surface area contributed by atoms with Crippen LogP contribution in [0.2, 0.25) is 0 Å². The van der Waals surface area contributed by atoms with E-state index >= 15 is 0 Å². The number of hydrogen-bond donors (Lipinski definition) is 2. The molecule has 0 aliphatic rings. The van der Waals surface area contributed by atoms with E-state index in [0.29, 0.717) is 11.3 Å². The summed E-state index contributed by atoms with van der Waals surface area (Å²) in [6, 6.07) is 12.7. The lowest BCUT2D eigenvalue weighted by Crippen LogP contribution is -2.43. The van der Waals surface area contributed by atoms with Gasteiger partial charge in [-0.3, -0.25) is 20.4 Å². The Morgan fingerprint density at radius 2 is 1.64 bits per heavy atom. The zero-order valence-electron chi connectivity index (χ0n) is 14.9. The van der Waals surface area contributed by atoms with E-state index in [2.05, 4.69) is 10.9 Å². The molecule has 0 fully saturated rings. The van der Waals surface area contributed by atoms with Gasteiger partial charge in [0.25, 0.3) is 11.8 Å². The van der Waals surface area contributed by atoms with Gasteiger partial charge < -0.3 is 9.64 Å². The molecular formula is C19H23N3O3. The van der Waals surface area contributed by atoms with Gasteiger partial charge in [0, 0.05) is 25.3 Å². The second kappa shape index (κ2) is 8.19. The zero-order chi connectivity index (χ0) is 18.4. The highest BCUT2D eigenvalue weighted by Crippen LogP contribution is 2.16. The molecule has 0 spiro atoms.